The second-order valence-corrected chi connectivity index (χ2v) is 5.79. The van der Waals surface area contributed by atoms with Gasteiger partial charge in [-0.05, 0) is 37.9 Å². The molecule has 0 radical (unpaired) electrons. The van der Waals surface area contributed by atoms with E-state index in [0.717, 1.165) is 6.54 Å². The molecule has 1 aromatic rings. The number of rotatable bonds is 5. The quantitative estimate of drug-likeness (QED) is 0.813. The van der Waals surface area contributed by atoms with Crippen LogP contribution in [-0.4, -0.2) is 42.0 Å². The minimum absolute atomic E-state index is 0.184. The standard InChI is InChI=1S/C14H21ClN4O/c1-10(9-19-4-2-3-5-19)7-18-14(20)12-6-11(16)8-17-13(12)15/h6,8,10H,2-5,7,9,16H2,1H3,(H,18,20). The molecule has 1 atom stereocenters. The highest BCUT2D eigenvalue weighted by atomic mass is 35.5. The molecular formula is C14H21ClN4O. The van der Waals surface area contributed by atoms with Crippen molar-refractivity contribution in [2.24, 2.45) is 5.92 Å². The molecule has 110 valence electrons. The first-order chi connectivity index (χ1) is 9.56. The third kappa shape index (κ3) is 4.08. The van der Waals surface area contributed by atoms with Crippen molar-refractivity contribution in [3.63, 3.8) is 0 Å². The van der Waals surface area contributed by atoms with Crippen LogP contribution in [0.15, 0.2) is 12.3 Å². The predicted molar refractivity (Wildman–Crippen MR) is 80.8 cm³/mol. The minimum atomic E-state index is -0.219. The summed E-state index contributed by atoms with van der Waals surface area (Å²) < 4.78 is 0. The van der Waals surface area contributed by atoms with Crippen LogP contribution in [0.4, 0.5) is 5.69 Å². The highest BCUT2D eigenvalue weighted by Gasteiger charge is 2.16. The molecule has 1 fully saturated rings. The van der Waals surface area contributed by atoms with E-state index in [-0.39, 0.29) is 11.1 Å². The first kappa shape index (κ1) is 15.1. The Hall–Kier alpha value is -1.33. The fourth-order valence-electron chi connectivity index (χ4n) is 2.46. The number of halogens is 1. The van der Waals surface area contributed by atoms with E-state index in [0.29, 0.717) is 23.7 Å². The number of nitrogens with zero attached hydrogens (tertiary/aromatic N) is 2. The number of aromatic nitrogens is 1. The van der Waals surface area contributed by atoms with Gasteiger partial charge >= 0.3 is 0 Å². The van der Waals surface area contributed by atoms with Gasteiger partial charge in [0.15, 0.2) is 0 Å². The third-order valence-electron chi connectivity index (χ3n) is 3.48. The molecule has 3 N–H and O–H groups in total. The van der Waals surface area contributed by atoms with Crippen LogP contribution in [0.2, 0.25) is 5.15 Å². The minimum Gasteiger partial charge on any atom is -0.397 e. The van der Waals surface area contributed by atoms with Crippen LogP contribution in [-0.2, 0) is 0 Å². The fourth-order valence-corrected chi connectivity index (χ4v) is 2.65. The summed E-state index contributed by atoms with van der Waals surface area (Å²) in [5.74, 6) is 0.188. The molecule has 6 heteroatoms. The van der Waals surface area contributed by atoms with Crippen molar-refractivity contribution >= 4 is 23.2 Å². The Kier molecular flexibility index (Phi) is 5.20. The van der Waals surface area contributed by atoms with Crippen molar-refractivity contribution in [2.45, 2.75) is 19.8 Å². The molecule has 20 heavy (non-hydrogen) atoms. The zero-order valence-electron chi connectivity index (χ0n) is 11.7. The lowest BCUT2D eigenvalue weighted by Gasteiger charge is -2.20. The predicted octanol–water partition coefficient (Wildman–Crippen LogP) is 1.78. The van der Waals surface area contributed by atoms with Gasteiger partial charge in [0.1, 0.15) is 5.15 Å². The number of anilines is 1. The molecule has 0 aliphatic carbocycles. The van der Waals surface area contributed by atoms with Crippen molar-refractivity contribution in [2.75, 3.05) is 31.9 Å². The number of carbonyl (C=O) groups is 1. The first-order valence-corrected chi connectivity index (χ1v) is 7.35. The Morgan fingerprint density at radius 2 is 2.25 bits per heavy atom. The molecule has 1 amide bonds. The zero-order chi connectivity index (χ0) is 14.5. The SMILES string of the molecule is CC(CNC(=O)c1cc(N)cnc1Cl)CN1CCCC1. The Bertz CT molecular complexity index is 474. The molecule has 0 aromatic carbocycles. The highest BCUT2D eigenvalue weighted by Crippen LogP contribution is 2.15. The molecule has 0 saturated carbocycles. The van der Waals surface area contributed by atoms with E-state index < -0.39 is 0 Å². The van der Waals surface area contributed by atoms with E-state index >= 15 is 0 Å². The van der Waals surface area contributed by atoms with Gasteiger partial charge in [-0.2, -0.15) is 0 Å². The van der Waals surface area contributed by atoms with E-state index in [4.69, 9.17) is 17.3 Å². The van der Waals surface area contributed by atoms with Gasteiger partial charge in [0.2, 0.25) is 0 Å². The summed E-state index contributed by atoms with van der Waals surface area (Å²) in [6.07, 6.45) is 4.00. The number of nitrogen functional groups attached to an aromatic ring is 1. The van der Waals surface area contributed by atoms with E-state index in [1.165, 1.54) is 32.1 Å². The zero-order valence-corrected chi connectivity index (χ0v) is 12.5. The largest absolute Gasteiger partial charge is 0.397 e. The van der Waals surface area contributed by atoms with Gasteiger partial charge in [-0.25, -0.2) is 4.98 Å². The maximum absolute atomic E-state index is 12.1. The number of nitrogens with two attached hydrogens (primary N) is 1. The molecule has 5 nitrogen and oxygen atoms in total. The second-order valence-electron chi connectivity index (χ2n) is 5.43. The summed E-state index contributed by atoms with van der Waals surface area (Å²) in [5.41, 5.74) is 6.39. The molecule has 1 saturated heterocycles. The molecule has 2 rings (SSSR count). The number of hydrogen-bond donors (Lipinski definition) is 2. The lowest BCUT2D eigenvalue weighted by Crippen LogP contribution is -2.34. The summed E-state index contributed by atoms with van der Waals surface area (Å²) >= 11 is 5.91. The van der Waals surface area contributed by atoms with Crippen LogP contribution in [0.5, 0.6) is 0 Å². The summed E-state index contributed by atoms with van der Waals surface area (Å²) in [6.45, 7) is 6.12. The van der Waals surface area contributed by atoms with Gasteiger partial charge in [0.25, 0.3) is 5.91 Å². The number of nitrogens with one attached hydrogen (secondary N) is 1. The summed E-state index contributed by atoms with van der Waals surface area (Å²) in [4.78, 5) is 18.4. The monoisotopic (exact) mass is 296 g/mol. The Balaban J connectivity index is 1.83. The first-order valence-electron chi connectivity index (χ1n) is 6.98. The van der Waals surface area contributed by atoms with Gasteiger partial charge in [0.05, 0.1) is 17.4 Å². The third-order valence-corrected chi connectivity index (χ3v) is 3.79. The molecule has 1 unspecified atom stereocenters. The number of pyridine rings is 1. The van der Waals surface area contributed by atoms with Crippen LogP contribution < -0.4 is 11.1 Å². The Morgan fingerprint density at radius 3 is 2.95 bits per heavy atom. The highest BCUT2D eigenvalue weighted by molar-refractivity contribution is 6.32. The van der Waals surface area contributed by atoms with E-state index in [2.05, 4.69) is 22.1 Å². The summed E-state index contributed by atoms with van der Waals surface area (Å²) in [7, 11) is 0. The maximum atomic E-state index is 12.1. The number of carbonyl (C=O) groups excluding carboxylic acids is 1. The molecule has 1 aliphatic rings. The van der Waals surface area contributed by atoms with Crippen molar-refractivity contribution < 1.29 is 4.79 Å². The van der Waals surface area contributed by atoms with E-state index in [9.17, 15) is 4.79 Å². The molecule has 2 heterocycles. The molecule has 0 bridgehead atoms. The van der Waals surface area contributed by atoms with Crippen molar-refractivity contribution in [3.05, 3.63) is 23.0 Å². The van der Waals surface area contributed by atoms with E-state index in [1.807, 2.05) is 0 Å². The topological polar surface area (TPSA) is 71.2 Å². The summed E-state index contributed by atoms with van der Waals surface area (Å²) in [6, 6.07) is 1.55. The van der Waals surface area contributed by atoms with Gasteiger partial charge in [-0.1, -0.05) is 18.5 Å². The van der Waals surface area contributed by atoms with Crippen LogP contribution >= 0.6 is 11.6 Å². The molecule has 0 spiro atoms. The van der Waals surface area contributed by atoms with Crippen LogP contribution in [0.1, 0.15) is 30.1 Å². The smallest absolute Gasteiger partial charge is 0.254 e. The van der Waals surface area contributed by atoms with Gasteiger partial charge in [-0.3, -0.25) is 4.79 Å². The second kappa shape index (κ2) is 6.90. The average Bonchev–Trinajstić information content (AvgIpc) is 2.91. The van der Waals surface area contributed by atoms with Crippen LogP contribution in [0, 0.1) is 5.92 Å². The van der Waals surface area contributed by atoms with Crippen molar-refractivity contribution in [3.8, 4) is 0 Å². The lowest BCUT2D eigenvalue weighted by atomic mass is 10.1. The van der Waals surface area contributed by atoms with Crippen LogP contribution in [0.3, 0.4) is 0 Å². The number of hydrogen-bond acceptors (Lipinski definition) is 4. The maximum Gasteiger partial charge on any atom is 0.254 e. The van der Waals surface area contributed by atoms with Crippen LogP contribution in [0.25, 0.3) is 0 Å². The normalized spacial score (nSPS) is 17.1. The fraction of sp³-hybridized carbons (Fsp3) is 0.571. The molecule has 1 aliphatic heterocycles. The van der Waals surface area contributed by atoms with E-state index in [1.54, 1.807) is 6.07 Å². The Morgan fingerprint density at radius 1 is 1.55 bits per heavy atom. The van der Waals surface area contributed by atoms with Gasteiger partial charge in [0, 0.05) is 13.1 Å². The van der Waals surface area contributed by atoms with Crippen molar-refractivity contribution in [1.29, 1.82) is 0 Å². The molecule has 1 aromatic heterocycles. The molecular weight excluding hydrogens is 276 g/mol. The Labute approximate surface area is 124 Å². The average molecular weight is 297 g/mol. The van der Waals surface area contributed by atoms with Crippen molar-refractivity contribution in [1.82, 2.24) is 15.2 Å². The summed E-state index contributed by atoms with van der Waals surface area (Å²) in [5, 5.41) is 3.08. The van der Waals surface area contributed by atoms with Gasteiger partial charge < -0.3 is 16.0 Å². The lowest BCUT2D eigenvalue weighted by molar-refractivity contribution is 0.0945. The number of likely N-dealkylation sites (tertiary alicyclic amines) is 1. The number of amides is 1. The van der Waals surface area contributed by atoms with Gasteiger partial charge in [-0.15, -0.1) is 0 Å².